The number of nitrogens with one attached hydrogen (secondary N) is 1. The Balaban J connectivity index is 2.69. The van der Waals surface area contributed by atoms with Crippen molar-refractivity contribution in [3.63, 3.8) is 0 Å². The summed E-state index contributed by atoms with van der Waals surface area (Å²) in [5.74, 6) is 0.983. The van der Waals surface area contributed by atoms with E-state index in [2.05, 4.69) is 10.2 Å². The molecule has 1 heterocycles. The standard InChI is InChI=1S/C12H14FN3O/c1-7(13)8-4-3-5-10(17-2)11(8)9-6-15-16-12(9)14/h3-7H,1-2H3,(H3,14,15,16). The van der Waals surface area contributed by atoms with Crippen LogP contribution in [0.4, 0.5) is 10.2 Å². The zero-order valence-electron chi connectivity index (χ0n) is 9.70. The van der Waals surface area contributed by atoms with Crippen molar-refractivity contribution in [2.45, 2.75) is 13.1 Å². The maximum atomic E-state index is 13.6. The van der Waals surface area contributed by atoms with Gasteiger partial charge in [0, 0.05) is 11.1 Å². The minimum absolute atomic E-state index is 0.399. The summed E-state index contributed by atoms with van der Waals surface area (Å²) in [6.45, 7) is 1.48. The number of methoxy groups -OCH3 is 1. The molecular weight excluding hydrogens is 221 g/mol. The Kier molecular flexibility index (Phi) is 2.99. The molecule has 4 nitrogen and oxygen atoms in total. The molecule has 0 aliphatic rings. The maximum Gasteiger partial charge on any atom is 0.127 e. The number of rotatable bonds is 3. The predicted octanol–water partition coefficient (Wildman–Crippen LogP) is 2.70. The zero-order valence-corrected chi connectivity index (χ0v) is 9.70. The molecule has 0 radical (unpaired) electrons. The molecule has 0 saturated carbocycles. The van der Waals surface area contributed by atoms with Crippen LogP contribution in [0.2, 0.25) is 0 Å². The first-order valence-corrected chi connectivity index (χ1v) is 5.25. The second-order valence-electron chi connectivity index (χ2n) is 3.74. The van der Waals surface area contributed by atoms with E-state index >= 15 is 0 Å². The van der Waals surface area contributed by atoms with Crippen molar-refractivity contribution in [1.29, 1.82) is 0 Å². The Morgan fingerprint density at radius 1 is 1.47 bits per heavy atom. The van der Waals surface area contributed by atoms with Gasteiger partial charge in [-0.1, -0.05) is 12.1 Å². The second kappa shape index (κ2) is 4.45. The number of nitrogens with two attached hydrogens (primary N) is 1. The quantitative estimate of drug-likeness (QED) is 0.859. The van der Waals surface area contributed by atoms with Gasteiger partial charge in [-0.15, -0.1) is 0 Å². The first-order chi connectivity index (χ1) is 8.15. The van der Waals surface area contributed by atoms with Gasteiger partial charge in [0.05, 0.1) is 13.3 Å². The van der Waals surface area contributed by atoms with E-state index in [1.807, 2.05) is 0 Å². The van der Waals surface area contributed by atoms with Crippen molar-refractivity contribution in [3.05, 3.63) is 30.0 Å². The molecule has 0 aliphatic heterocycles. The fraction of sp³-hybridized carbons (Fsp3) is 0.250. The highest BCUT2D eigenvalue weighted by atomic mass is 19.1. The fourth-order valence-corrected chi connectivity index (χ4v) is 1.83. The molecule has 1 atom stereocenters. The molecule has 3 N–H and O–H groups in total. The zero-order chi connectivity index (χ0) is 12.4. The van der Waals surface area contributed by atoms with Crippen molar-refractivity contribution in [2.24, 2.45) is 0 Å². The fourth-order valence-electron chi connectivity index (χ4n) is 1.83. The number of benzene rings is 1. The lowest BCUT2D eigenvalue weighted by Crippen LogP contribution is -1.97. The molecule has 2 aromatic rings. The maximum absolute atomic E-state index is 13.6. The van der Waals surface area contributed by atoms with Crippen LogP contribution >= 0.6 is 0 Å². The minimum Gasteiger partial charge on any atom is -0.496 e. The van der Waals surface area contributed by atoms with Gasteiger partial charge >= 0.3 is 0 Å². The Bertz CT molecular complexity index is 522. The third-order valence-corrected chi connectivity index (χ3v) is 2.65. The molecule has 0 saturated heterocycles. The van der Waals surface area contributed by atoms with Crippen LogP contribution in [0.1, 0.15) is 18.7 Å². The van der Waals surface area contributed by atoms with Crippen LogP contribution in [0, 0.1) is 0 Å². The first-order valence-electron chi connectivity index (χ1n) is 5.25. The summed E-state index contributed by atoms with van der Waals surface area (Å²) < 4.78 is 18.9. The summed E-state index contributed by atoms with van der Waals surface area (Å²) in [7, 11) is 1.54. The molecule has 0 amide bonds. The van der Waals surface area contributed by atoms with Crippen LogP contribution in [0.3, 0.4) is 0 Å². The molecule has 17 heavy (non-hydrogen) atoms. The van der Waals surface area contributed by atoms with Gasteiger partial charge in [-0.3, -0.25) is 5.10 Å². The molecule has 0 aliphatic carbocycles. The van der Waals surface area contributed by atoms with E-state index in [0.717, 1.165) is 0 Å². The van der Waals surface area contributed by atoms with Gasteiger partial charge in [-0.05, 0) is 18.6 Å². The van der Waals surface area contributed by atoms with Crippen molar-refractivity contribution in [3.8, 4) is 16.9 Å². The highest BCUT2D eigenvalue weighted by Gasteiger charge is 2.18. The third-order valence-electron chi connectivity index (χ3n) is 2.65. The van der Waals surface area contributed by atoms with Gasteiger partial charge < -0.3 is 10.5 Å². The first kappa shape index (κ1) is 11.4. The largest absolute Gasteiger partial charge is 0.496 e. The monoisotopic (exact) mass is 235 g/mol. The van der Waals surface area contributed by atoms with Crippen LogP contribution in [0.5, 0.6) is 5.75 Å². The Morgan fingerprint density at radius 2 is 2.24 bits per heavy atom. The number of halogens is 1. The number of aromatic amines is 1. The predicted molar refractivity (Wildman–Crippen MR) is 64.5 cm³/mol. The minimum atomic E-state index is -1.10. The van der Waals surface area contributed by atoms with Crippen LogP contribution in [0.25, 0.3) is 11.1 Å². The highest BCUT2D eigenvalue weighted by molar-refractivity contribution is 5.80. The van der Waals surface area contributed by atoms with Crippen molar-refractivity contribution < 1.29 is 9.13 Å². The Morgan fingerprint density at radius 3 is 2.76 bits per heavy atom. The lowest BCUT2D eigenvalue weighted by molar-refractivity contribution is 0.371. The van der Waals surface area contributed by atoms with Gasteiger partial charge in [0.25, 0.3) is 0 Å². The van der Waals surface area contributed by atoms with E-state index < -0.39 is 6.17 Å². The van der Waals surface area contributed by atoms with Crippen LogP contribution < -0.4 is 10.5 Å². The molecule has 5 heteroatoms. The van der Waals surface area contributed by atoms with Crippen molar-refractivity contribution in [2.75, 3.05) is 12.8 Å². The number of H-pyrrole nitrogens is 1. The van der Waals surface area contributed by atoms with Gasteiger partial charge in [0.1, 0.15) is 17.7 Å². The number of hydrogen-bond donors (Lipinski definition) is 2. The van der Waals surface area contributed by atoms with Gasteiger partial charge in [0.2, 0.25) is 0 Å². The lowest BCUT2D eigenvalue weighted by atomic mass is 9.98. The molecule has 1 aromatic heterocycles. The summed E-state index contributed by atoms with van der Waals surface area (Å²) in [6.07, 6.45) is 0.466. The molecule has 1 unspecified atom stereocenters. The number of nitrogens with zero attached hydrogens (tertiary/aromatic N) is 1. The average Bonchev–Trinajstić information content (AvgIpc) is 2.74. The van der Waals surface area contributed by atoms with E-state index in [1.165, 1.54) is 6.92 Å². The molecule has 1 aromatic carbocycles. The van der Waals surface area contributed by atoms with Crippen molar-refractivity contribution >= 4 is 5.82 Å². The molecule has 2 rings (SSSR count). The van der Waals surface area contributed by atoms with E-state index in [1.54, 1.807) is 31.5 Å². The van der Waals surface area contributed by atoms with Crippen LogP contribution in [0.15, 0.2) is 24.4 Å². The summed E-state index contributed by atoms with van der Waals surface area (Å²) in [6, 6.07) is 5.24. The molecule has 0 spiro atoms. The molecule has 0 fully saturated rings. The number of alkyl halides is 1. The Labute approximate surface area is 98.6 Å². The number of nitrogen functional groups attached to an aromatic ring is 1. The second-order valence-corrected chi connectivity index (χ2v) is 3.74. The molecular formula is C12H14FN3O. The SMILES string of the molecule is COc1cccc(C(C)F)c1-c1cn[nH]c1N. The lowest BCUT2D eigenvalue weighted by Gasteiger charge is -2.14. The third kappa shape index (κ3) is 1.95. The van der Waals surface area contributed by atoms with Crippen LogP contribution in [-0.2, 0) is 0 Å². The Hall–Kier alpha value is -2.04. The van der Waals surface area contributed by atoms with E-state index in [-0.39, 0.29) is 0 Å². The molecule has 90 valence electrons. The summed E-state index contributed by atoms with van der Waals surface area (Å²) in [5.41, 5.74) is 7.61. The number of anilines is 1. The van der Waals surface area contributed by atoms with Crippen molar-refractivity contribution in [1.82, 2.24) is 10.2 Å². The normalized spacial score (nSPS) is 12.4. The molecule has 0 bridgehead atoms. The van der Waals surface area contributed by atoms with Gasteiger partial charge in [-0.25, -0.2) is 4.39 Å². The number of ether oxygens (including phenoxy) is 1. The topological polar surface area (TPSA) is 63.9 Å². The van der Waals surface area contributed by atoms with E-state index in [4.69, 9.17) is 10.5 Å². The number of aromatic nitrogens is 2. The van der Waals surface area contributed by atoms with Crippen LogP contribution in [-0.4, -0.2) is 17.3 Å². The van der Waals surface area contributed by atoms with Gasteiger partial charge in [0.15, 0.2) is 0 Å². The number of hydrogen-bond acceptors (Lipinski definition) is 3. The average molecular weight is 235 g/mol. The van der Waals surface area contributed by atoms with E-state index in [0.29, 0.717) is 28.3 Å². The van der Waals surface area contributed by atoms with E-state index in [9.17, 15) is 4.39 Å². The summed E-state index contributed by atoms with van der Waals surface area (Å²) in [4.78, 5) is 0. The smallest absolute Gasteiger partial charge is 0.127 e. The van der Waals surface area contributed by atoms with Gasteiger partial charge in [-0.2, -0.15) is 5.10 Å². The highest BCUT2D eigenvalue weighted by Crippen LogP contribution is 2.39. The summed E-state index contributed by atoms with van der Waals surface area (Å²) >= 11 is 0. The summed E-state index contributed by atoms with van der Waals surface area (Å²) in [5, 5.41) is 6.48.